The van der Waals surface area contributed by atoms with Crippen molar-refractivity contribution in [2.24, 2.45) is 12.2 Å². The Bertz CT molecular complexity index is 612. The molecule has 0 N–H and O–H groups in total. The van der Waals surface area contributed by atoms with Gasteiger partial charge in [-0.3, -0.25) is 0 Å². The molecule has 1 aromatic heterocycles. The van der Waals surface area contributed by atoms with Crippen molar-refractivity contribution in [1.82, 2.24) is 9.55 Å². The van der Waals surface area contributed by atoms with Crippen molar-refractivity contribution in [2.45, 2.75) is 19.8 Å². The summed E-state index contributed by atoms with van der Waals surface area (Å²) in [5, 5.41) is 3.70. The number of aromatic nitrogens is 2. The van der Waals surface area contributed by atoms with Gasteiger partial charge in [-0.15, -0.1) is 0 Å². The molecule has 0 radical (unpaired) electrons. The van der Waals surface area contributed by atoms with Crippen LogP contribution in [0.4, 0.5) is 0 Å². The molecule has 0 aliphatic rings. The van der Waals surface area contributed by atoms with E-state index in [4.69, 9.17) is 4.84 Å². The van der Waals surface area contributed by atoms with E-state index >= 15 is 0 Å². The molecule has 0 saturated carbocycles. The number of aryl methyl sites for hydroxylation is 1. The molecular formula is C15H17N3O2. The monoisotopic (exact) mass is 271 g/mol. The highest BCUT2D eigenvalue weighted by Gasteiger charge is 2.10. The topological polar surface area (TPSA) is 56.5 Å². The minimum atomic E-state index is -0.528. The van der Waals surface area contributed by atoms with E-state index in [1.54, 1.807) is 11.6 Å². The number of oxime groups is 1. The first-order valence-electron chi connectivity index (χ1n) is 6.39. The van der Waals surface area contributed by atoms with E-state index in [0.29, 0.717) is 11.6 Å². The summed E-state index contributed by atoms with van der Waals surface area (Å²) in [6.07, 6.45) is 4.48. The summed E-state index contributed by atoms with van der Waals surface area (Å²) < 4.78 is 1.58. The van der Waals surface area contributed by atoms with Gasteiger partial charge in [0.15, 0.2) is 0 Å². The minimum Gasteiger partial charge on any atom is -0.328 e. The van der Waals surface area contributed by atoms with Gasteiger partial charge in [0.1, 0.15) is 5.69 Å². The van der Waals surface area contributed by atoms with Crippen LogP contribution in [0.25, 0.3) is 0 Å². The van der Waals surface area contributed by atoms with Crippen LogP contribution in [0.5, 0.6) is 0 Å². The normalized spacial score (nSPS) is 11.2. The smallest absolute Gasteiger partial charge is 0.328 e. The zero-order valence-electron chi connectivity index (χ0n) is 11.8. The molecule has 1 heterocycles. The van der Waals surface area contributed by atoms with Crippen LogP contribution in [0, 0.1) is 0 Å². The van der Waals surface area contributed by atoms with Crippen LogP contribution in [0.1, 0.15) is 41.4 Å². The van der Waals surface area contributed by atoms with Gasteiger partial charge in [0.05, 0.1) is 18.7 Å². The Morgan fingerprint density at radius 2 is 2.05 bits per heavy atom. The minimum absolute atomic E-state index is 0.359. The first-order valence-corrected chi connectivity index (χ1v) is 6.39. The third-order valence-corrected chi connectivity index (χ3v) is 2.97. The van der Waals surface area contributed by atoms with Crippen molar-refractivity contribution in [3.63, 3.8) is 0 Å². The van der Waals surface area contributed by atoms with Gasteiger partial charge in [0.2, 0.25) is 0 Å². The van der Waals surface area contributed by atoms with Crippen molar-refractivity contribution in [2.75, 3.05) is 0 Å². The summed E-state index contributed by atoms with van der Waals surface area (Å²) >= 11 is 0. The maximum atomic E-state index is 11.7. The molecule has 0 spiro atoms. The second kappa shape index (κ2) is 6.14. The summed E-state index contributed by atoms with van der Waals surface area (Å²) in [4.78, 5) is 20.3. The van der Waals surface area contributed by atoms with Crippen LogP contribution in [0.15, 0.2) is 41.9 Å². The second-order valence-electron chi connectivity index (χ2n) is 4.82. The molecule has 1 aromatic carbocycles. The van der Waals surface area contributed by atoms with Crippen molar-refractivity contribution in [1.29, 1.82) is 0 Å². The highest BCUT2D eigenvalue weighted by molar-refractivity contribution is 5.88. The molecular weight excluding hydrogens is 254 g/mol. The molecule has 2 aromatic rings. The molecule has 0 saturated heterocycles. The Labute approximate surface area is 117 Å². The largest absolute Gasteiger partial charge is 0.383 e. The van der Waals surface area contributed by atoms with Gasteiger partial charge in [0, 0.05) is 7.05 Å². The predicted octanol–water partition coefficient (Wildman–Crippen LogP) is 2.73. The zero-order valence-corrected chi connectivity index (χ0v) is 11.8. The number of hydrogen-bond acceptors (Lipinski definition) is 4. The zero-order chi connectivity index (χ0) is 14.5. The third kappa shape index (κ3) is 3.32. The van der Waals surface area contributed by atoms with Crippen LogP contribution in [0.2, 0.25) is 0 Å². The number of hydrogen-bond donors (Lipinski definition) is 0. The van der Waals surface area contributed by atoms with Crippen molar-refractivity contribution in [3.05, 3.63) is 53.6 Å². The van der Waals surface area contributed by atoms with E-state index in [2.05, 4.69) is 24.0 Å². The van der Waals surface area contributed by atoms with Gasteiger partial charge in [-0.25, -0.2) is 9.78 Å². The van der Waals surface area contributed by atoms with Gasteiger partial charge < -0.3 is 9.40 Å². The molecule has 0 amide bonds. The van der Waals surface area contributed by atoms with Gasteiger partial charge in [0.25, 0.3) is 0 Å². The summed E-state index contributed by atoms with van der Waals surface area (Å²) in [6.45, 7) is 4.28. The number of benzene rings is 1. The van der Waals surface area contributed by atoms with Gasteiger partial charge in [-0.1, -0.05) is 43.3 Å². The molecule has 0 aliphatic heterocycles. The van der Waals surface area contributed by atoms with Gasteiger partial charge in [-0.2, -0.15) is 0 Å². The van der Waals surface area contributed by atoms with E-state index in [1.807, 2.05) is 24.3 Å². The van der Waals surface area contributed by atoms with Crippen molar-refractivity contribution in [3.8, 4) is 0 Å². The number of carbonyl (C=O) groups excluding carboxylic acids is 1. The molecule has 2 rings (SSSR count). The average molecular weight is 271 g/mol. The maximum Gasteiger partial charge on any atom is 0.383 e. The summed E-state index contributed by atoms with van der Waals surface area (Å²) in [5.74, 6) is -0.0382. The second-order valence-corrected chi connectivity index (χ2v) is 4.82. The number of nitrogens with zero attached hydrogens (tertiary/aromatic N) is 3. The first-order chi connectivity index (χ1) is 9.58. The number of imidazole rings is 1. The highest BCUT2D eigenvalue weighted by atomic mass is 16.7. The summed E-state index contributed by atoms with van der Waals surface area (Å²) in [7, 11) is 1.72. The summed E-state index contributed by atoms with van der Waals surface area (Å²) in [5.41, 5.74) is 2.50. The van der Waals surface area contributed by atoms with Crippen LogP contribution in [-0.4, -0.2) is 21.7 Å². The lowest BCUT2D eigenvalue weighted by atomic mass is 10.0. The van der Waals surface area contributed by atoms with Gasteiger partial charge >= 0.3 is 5.97 Å². The average Bonchev–Trinajstić information content (AvgIpc) is 2.85. The molecule has 0 unspecified atom stereocenters. The van der Waals surface area contributed by atoms with Crippen LogP contribution < -0.4 is 0 Å². The highest BCUT2D eigenvalue weighted by Crippen LogP contribution is 2.13. The summed E-state index contributed by atoms with van der Waals surface area (Å²) in [6, 6.07) is 7.96. The molecule has 0 aliphatic carbocycles. The van der Waals surface area contributed by atoms with E-state index in [-0.39, 0.29) is 0 Å². The molecule has 0 bridgehead atoms. The Kier molecular flexibility index (Phi) is 4.30. The van der Waals surface area contributed by atoms with E-state index in [0.717, 1.165) is 5.56 Å². The van der Waals surface area contributed by atoms with Crippen LogP contribution in [0.3, 0.4) is 0 Å². The Balaban J connectivity index is 1.96. The standard InChI is InChI=1S/C15H17N3O2/c1-11(2)13-6-4-12(5-7-13)8-17-20-15(19)14-9-16-10-18(14)3/h4-11H,1-3H3. The van der Waals surface area contributed by atoms with E-state index in [9.17, 15) is 4.79 Å². The molecule has 0 atom stereocenters. The fourth-order valence-electron chi connectivity index (χ4n) is 1.70. The van der Waals surface area contributed by atoms with Gasteiger partial charge in [-0.05, 0) is 17.0 Å². The van der Waals surface area contributed by atoms with Crippen molar-refractivity contribution < 1.29 is 9.63 Å². The molecule has 0 fully saturated rings. The third-order valence-electron chi connectivity index (χ3n) is 2.97. The fourth-order valence-corrected chi connectivity index (χ4v) is 1.70. The first kappa shape index (κ1) is 14.0. The SMILES string of the molecule is CC(C)c1ccc(C=NOC(=O)c2cncn2C)cc1. The quantitative estimate of drug-likeness (QED) is 0.488. The Morgan fingerprint density at radius 1 is 1.35 bits per heavy atom. The maximum absolute atomic E-state index is 11.7. The Morgan fingerprint density at radius 3 is 2.60 bits per heavy atom. The molecule has 20 heavy (non-hydrogen) atoms. The predicted molar refractivity (Wildman–Crippen MR) is 76.7 cm³/mol. The lowest BCUT2D eigenvalue weighted by Crippen LogP contribution is -2.06. The lowest BCUT2D eigenvalue weighted by molar-refractivity contribution is 0.0508. The number of rotatable bonds is 4. The Hall–Kier alpha value is -2.43. The van der Waals surface area contributed by atoms with E-state index < -0.39 is 5.97 Å². The van der Waals surface area contributed by atoms with Crippen molar-refractivity contribution >= 4 is 12.2 Å². The van der Waals surface area contributed by atoms with E-state index in [1.165, 1.54) is 24.3 Å². The van der Waals surface area contributed by atoms with Crippen LogP contribution in [-0.2, 0) is 11.9 Å². The lowest BCUT2D eigenvalue weighted by Gasteiger charge is -2.04. The molecule has 5 heteroatoms. The fraction of sp³-hybridized carbons (Fsp3) is 0.267. The number of carbonyl (C=O) groups is 1. The van der Waals surface area contributed by atoms with Crippen LogP contribution >= 0.6 is 0 Å². The molecule has 5 nitrogen and oxygen atoms in total. The molecule has 104 valence electrons.